The minimum absolute atomic E-state index is 0.713. The molecule has 2 rings (SSSR count). The third-order valence-corrected chi connectivity index (χ3v) is 3.53. The summed E-state index contributed by atoms with van der Waals surface area (Å²) in [6.45, 7) is 7.28. The first kappa shape index (κ1) is 13.4. The van der Waals surface area contributed by atoms with Crippen LogP contribution in [0, 0.1) is 0 Å². The van der Waals surface area contributed by atoms with Gasteiger partial charge in [-0.2, -0.15) is 15.0 Å². The van der Waals surface area contributed by atoms with Gasteiger partial charge in [0.2, 0.25) is 11.9 Å². The van der Waals surface area contributed by atoms with Crippen molar-refractivity contribution in [3.05, 3.63) is 0 Å². The molecule has 1 aromatic heterocycles. The molecule has 100 valence electrons. The molecule has 0 spiro atoms. The van der Waals surface area contributed by atoms with Gasteiger partial charge < -0.3 is 10.2 Å². The molecule has 0 unspecified atom stereocenters. The molecule has 1 aromatic rings. The van der Waals surface area contributed by atoms with Gasteiger partial charge in [-0.05, 0) is 25.0 Å². The molecule has 0 aliphatic carbocycles. The van der Waals surface area contributed by atoms with Gasteiger partial charge in [-0.3, -0.25) is 0 Å². The Labute approximate surface area is 113 Å². The van der Waals surface area contributed by atoms with E-state index >= 15 is 0 Å². The fourth-order valence-corrected chi connectivity index (χ4v) is 2.47. The molecule has 0 aromatic carbocycles. The molecule has 0 bridgehead atoms. The van der Waals surface area contributed by atoms with E-state index in [2.05, 4.69) is 39.0 Å². The average molecular weight is 267 g/mol. The van der Waals surface area contributed by atoms with Crippen LogP contribution in [0.5, 0.6) is 0 Å². The van der Waals surface area contributed by atoms with E-state index < -0.39 is 0 Å². The largest absolute Gasteiger partial charge is 0.354 e. The van der Waals surface area contributed by atoms with Gasteiger partial charge in [0.15, 0.2) is 5.16 Å². The van der Waals surface area contributed by atoms with Gasteiger partial charge in [0.05, 0.1) is 0 Å². The van der Waals surface area contributed by atoms with Gasteiger partial charge in [0, 0.05) is 19.6 Å². The van der Waals surface area contributed by atoms with Crippen molar-refractivity contribution in [1.82, 2.24) is 15.0 Å². The number of rotatable bonds is 6. The van der Waals surface area contributed by atoms with Gasteiger partial charge in [-0.1, -0.05) is 25.6 Å². The molecule has 1 N–H and O–H groups in total. The highest BCUT2D eigenvalue weighted by atomic mass is 32.2. The number of thioether (sulfide) groups is 1. The highest BCUT2D eigenvalue weighted by Gasteiger charge is 2.17. The van der Waals surface area contributed by atoms with Crippen molar-refractivity contribution in [2.45, 2.75) is 38.3 Å². The summed E-state index contributed by atoms with van der Waals surface area (Å²) in [7, 11) is 0. The van der Waals surface area contributed by atoms with Crippen molar-refractivity contribution in [1.29, 1.82) is 0 Å². The molecule has 2 heterocycles. The van der Waals surface area contributed by atoms with Crippen LogP contribution in [-0.2, 0) is 0 Å². The molecule has 0 atom stereocenters. The third-order valence-electron chi connectivity index (χ3n) is 2.80. The van der Waals surface area contributed by atoms with Crippen molar-refractivity contribution in [2.75, 3.05) is 35.6 Å². The van der Waals surface area contributed by atoms with Crippen LogP contribution in [0.2, 0.25) is 0 Å². The molecule has 0 saturated carbocycles. The second kappa shape index (κ2) is 6.78. The Morgan fingerprint density at radius 2 is 1.94 bits per heavy atom. The monoisotopic (exact) mass is 267 g/mol. The van der Waals surface area contributed by atoms with E-state index in [1.807, 2.05) is 0 Å². The van der Waals surface area contributed by atoms with Gasteiger partial charge in [0.25, 0.3) is 0 Å². The lowest BCUT2D eigenvalue weighted by molar-refractivity contribution is 0.820. The number of nitrogens with zero attached hydrogens (tertiary/aromatic N) is 4. The van der Waals surface area contributed by atoms with E-state index in [0.29, 0.717) is 5.95 Å². The van der Waals surface area contributed by atoms with Crippen LogP contribution < -0.4 is 10.2 Å². The molecule has 5 nitrogen and oxygen atoms in total. The second-order valence-electron chi connectivity index (χ2n) is 4.30. The standard InChI is InChI=1S/C12H21N5S/c1-3-7-13-10-14-11(17-8-5-6-9-17)16-12(15-10)18-4-2/h3-9H2,1-2H3,(H,13,14,15,16). The number of aromatic nitrogens is 3. The van der Waals surface area contributed by atoms with Crippen molar-refractivity contribution in [3.8, 4) is 0 Å². The summed E-state index contributed by atoms with van der Waals surface area (Å²) >= 11 is 1.67. The van der Waals surface area contributed by atoms with E-state index in [4.69, 9.17) is 0 Å². The molecular formula is C12H21N5S. The van der Waals surface area contributed by atoms with Crippen molar-refractivity contribution in [3.63, 3.8) is 0 Å². The van der Waals surface area contributed by atoms with E-state index in [0.717, 1.165) is 42.9 Å². The zero-order chi connectivity index (χ0) is 12.8. The van der Waals surface area contributed by atoms with Crippen LogP contribution in [0.1, 0.15) is 33.1 Å². The molecule has 0 radical (unpaired) electrons. The molecule has 1 saturated heterocycles. The summed E-state index contributed by atoms with van der Waals surface area (Å²) in [4.78, 5) is 15.7. The highest BCUT2D eigenvalue weighted by molar-refractivity contribution is 7.99. The van der Waals surface area contributed by atoms with Gasteiger partial charge in [-0.25, -0.2) is 0 Å². The lowest BCUT2D eigenvalue weighted by Gasteiger charge is -2.16. The second-order valence-corrected chi connectivity index (χ2v) is 5.53. The maximum Gasteiger partial charge on any atom is 0.231 e. The SMILES string of the molecule is CCCNc1nc(SCC)nc(N2CCCC2)n1. The summed E-state index contributed by atoms with van der Waals surface area (Å²) in [6.07, 6.45) is 3.54. The molecular weight excluding hydrogens is 246 g/mol. The predicted molar refractivity (Wildman–Crippen MR) is 76.5 cm³/mol. The summed E-state index contributed by atoms with van der Waals surface area (Å²) < 4.78 is 0. The average Bonchev–Trinajstić information content (AvgIpc) is 2.90. The van der Waals surface area contributed by atoms with Crippen LogP contribution in [0.4, 0.5) is 11.9 Å². The smallest absolute Gasteiger partial charge is 0.231 e. The first-order valence-electron chi connectivity index (χ1n) is 6.71. The van der Waals surface area contributed by atoms with Crippen LogP contribution in [0.3, 0.4) is 0 Å². The quantitative estimate of drug-likeness (QED) is 0.799. The zero-order valence-corrected chi connectivity index (χ0v) is 12.0. The van der Waals surface area contributed by atoms with Crippen molar-refractivity contribution < 1.29 is 0 Å². The number of hydrogen-bond acceptors (Lipinski definition) is 6. The fraction of sp³-hybridized carbons (Fsp3) is 0.750. The molecule has 0 amide bonds. The van der Waals surface area contributed by atoms with E-state index in [1.165, 1.54) is 12.8 Å². The molecule has 18 heavy (non-hydrogen) atoms. The van der Waals surface area contributed by atoms with Crippen LogP contribution in [0.25, 0.3) is 0 Å². The summed E-state index contributed by atoms with van der Waals surface area (Å²) in [5.41, 5.74) is 0. The lowest BCUT2D eigenvalue weighted by Crippen LogP contribution is -2.22. The minimum atomic E-state index is 0.713. The highest BCUT2D eigenvalue weighted by Crippen LogP contribution is 2.21. The zero-order valence-electron chi connectivity index (χ0n) is 11.1. The van der Waals surface area contributed by atoms with Crippen LogP contribution >= 0.6 is 11.8 Å². The van der Waals surface area contributed by atoms with Crippen molar-refractivity contribution >= 4 is 23.7 Å². The first-order valence-corrected chi connectivity index (χ1v) is 7.69. The Morgan fingerprint density at radius 3 is 2.61 bits per heavy atom. The van der Waals surface area contributed by atoms with E-state index in [-0.39, 0.29) is 0 Å². The van der Waals surface area contributed by atoms with Gasteiger partial charge in [0.1, 0.15) is 0 Å². The minimum Gasteiger partial charge on any atom is -0.354 e. The Balaban J connectivity index is 2.17. The van der Waals surface area contributed by atoms with Gasteiger partial charge >= 0.3 is 0 Å². The van der Waals surface area contributed by atoms with E-state index in [9.17, 15) is 0 Å². The predicted octanol–water partition coefficient (Wildman–Crippen LogP) is 2.41. The topological polar surface area (TPSA) is 53.9 Å². The van der Waals surface area contributed by atoms with Crippen LogP contribution in [-0.4, -0.2) is 40.3 Å². The molecule has 1 fully saturated rings. The van der Waals surface area contributed by atoms with E-state index in [1.54, 1.807) is 11.8 Å². The molecule has 6 heteroatoms. The normalized spacial score (nSPS) is 15.1. The summed E-state index contributed by atoms with van der Waals surface area (Å²) in [6, 6.07) is 0. The number of nitrogens with one attached hydrogen (secondary N) is 1. The number of hydrogen-bond donors (Lipinski definition) is 1. The maximum atomic E-state index is 4.54. The fourth-order valence-electron chi connectivity index (χ4n) is 1.91. The summed E-state index contributed by atoms with van der Waals surface area (Å²) in [5.74, 6) is 2.53. The third kappa shape index (κ3) is 3.48. The Bertz CT molecular complexity index is 379. The molecule has 1 aliphatic heterocycles. The van der Waals surface area contributed by atoms with Crippen LogP contribution in [0.15, 0.2) is 5.16 Å². The maximum absolute atomic E-state index is 4.54. The Kier molecular flexibility index (Phi) is 5.04. The summed E-state index contributed by atoms with van der Waals surface area (Å²) in [5, 5.41) is 4.08. The Hall–Kier alpha value is -1.04. The van der Waals surface area contributed by atoms with Crippen molar-refractivity contribution in [2.24, 2.45) is 0 Å². The number of anilines is 2. The first-order chi connectivity index (χ1) is 8.83. The molecule has 1 aliphatic rings. The lowest BCUT2D eigenvalue weighted by atomic mass is 10.4. The Morgan fingerprint density at radius 1 is 1.17 bits per heavy atom. The van der Waals surface area contributed by atoms with Gasteiger partial charge in [-0.15, -0.1) is 0 Å².